The minimum atomic E-state index is -0.303. The number of carbonyl (C=O) groups is 2. The van der Waals surface area contributed by atoms with Crippen LogP contribution in [0.4, 0.5) is 14.5 Å². The third-order valence-corrected chi connectivity index (χ3v) is 5.35. The fraction of sp³-hybridized carbons (Fsp3) is 0.233. The molecule has 0 radical (unpaired) electrons. The van der Waals surface area contributed by atoms with Crippen LogP contribution in [0.3, 0.4) is 0 Å². The summed E-state index contributed by atoms with van der Waals surface area (Å²) in [6, 6.07) is 18.5. The minimum absolute atomic E-state index is 0.0833. The average Bonchev–Trinajstić information content (AvgIpc) is 2.91. The molecule has 2 amide bonds. The molecule has 3 rings (SSSR count). The summed E-state index contributed by atoms with van der Waals surface area (Å²) in [5.41, 5.74) is 8.55. The standard InChI is InChI=1S/C17H24FN3O2.C13H10FNO2/c1-11(9-23-10-14-4-6-15(18)7-5-14)21-17(22)8-16(12(2)19)13(3)20;14-10-1-5-12(6-2-10)17-13-7-3-11(4-8-13)15-9-16/h4-7,11,19H,8-10,20H2,1-3H3,(H,21,22);1-9H,(H,15,16)/b16-13-,19-12?;/t11-;/m1./s1. The first-order chi connectivity index (χ1) is 19.1. The van der Waals surface area contributed by atoms with Gasteiger partial charge in [0.2, 0.25) is 12.3 Å². The lowest BCUT2D eigenvalue weighted by atomic mass is 10.1. The molecule has 0 aliphatic carbocycles. The van der Waals surface area contributed by atoms with Crippen molar-refractivity contribution in [3.63, 3.8) is 0 Å². The molecule has 0 saturated carbocycles. The third-order valence-electron chi connectivity index (χ3n) is 5.35. The molecule has 0 unspecified atom stereocenters. The number of benzene rings is 3. The monoisotopic (exact) mass is 552 g/mol. The number of rotatable bonds is 12. The molecule has 0 heterocycles. The quantitative estimate of drug-likeness (QED) is 0.169. The Balaban J connectivity index is 0.000000292. The topological polar surface area (TPSA) is 127 Å². The summed E-state index contributed by atoms with van der Waals surface area (Å²) >= 11 is 0. The highest BCUT2D eigenvalue weighted by molar-refractivity contribution is 6.00. The zero-order chi connectivity index (χ0) is 29.5. The van der Waals surface area contributed by atoms with Gasteiger partial charge >= 0.3 is 0 Å². The summed E-state index contributed by atoms with van der Waals surface area (Å²) in [4.78, 5) is 22.2. The predicted molar refractivity (Wildman–Crippen MR) is 151 cm³/mol. The predicted octanol–water partition coefficient (Wildman–Crippen LogP) is 5.70. The molecular weight excluding hydrogens is 518 g/mol. The molecule has 212 valence electrons. The molecule has 0 aliphatic heterocycles. The van der Waals surface area contributed by atoms with Crippen molar-refractivity contribution in [3.8, 4) is 11.5 Å². The van der Waals surface area contributed by atoms with Crippen molar-refractivity contribution in [2.45, 2.75) is 39.8 Å². The summed E-state index contributed by atoms with van der Waals surface area (Å²) in [5, 5.41) is 12.9. The van der Waals surface area contributed by atoms with Crippen LogP contribution in [0.1, 0.15) is 32.8 Å². The second kappa shape index (κ2) is 16.4. The number of amides is 2. The Hall–Kier alpha value is -4.57. The number of halogens is 2. The number of anilines is 1. The Bertz CT molecular complexity index is 1270. The highest BCUT2D eigenvalue weighted by atomic mass is 19.1. The maximum Gasteiger partial charge on any atom is 0.224 e. The minimum Gasteiger partial charge on any atom is -0.457 e. The van der Waals surface area contributed by atoms with Crippen molar-refractivity contribution in [3.05, 3.63) is 101 Å². The van der Waals surface area contributed by atoms with Gasteiger partial charge in [0.15, 0.2) is 0 Å². The highest BCUT2D eigenvalue weighted by Crippen LogP contribution is 2.23. The molecule has 0 spiro atoms. The molecule has 5 N–H and O–H groups in total. The smallest absolute Gasteiger partial charge is 0.224 e. The largest absolute Gasteiger partial charge is 0.457 e. The molecule has 1 atom stereocenters. The van der Waals surface area contributed by atoms with E-state index in [1.165, 1.54) is 24.3 Å². The summed E-state index contributed by atoms with van der Waals surface area (Å²) in [6.45, 7) is 5.81. The van der Waals surface area contributed by atoms with Gasteiger partial charge in [-0.05, 0) is 87.0 Å². The van der Waals surface area contributed by atoms with E-state index < -0.39 is 0 Å². The van der Waals surface area contributed by atoms with E-state index in [2.05, 4.69) is 10.6 Å². The first-order valence-corrected chi connectivity index (χ1v) is 12.4. The molecule has 0 aliphatic rings. The molecule has 0 aromatic heterocycles. The number of carbonyl (C=O) groups excluding carboxylic acids is 2. The van der Waals surface area contributed by atoms with E-state index in [4.69, 9.17) is 20.6 Å². The normalized spacial score (nSPS) is 11.7. The Labute approximate surface area is 232 Å². The van der Waals surface area contributed by atoms with Gasteiger partial charge < -0.3 is 31.3 Å². The van der Waals surface area contributed by atoms with E-state index in [0.29, 0.717) is 53.8 Å². The van der Waals surface area contributed by atoms with Crippen molar-refractivity contribution in [2.75, 3.05) is 11.9 Å². The van der Waals surface area contributed by atoms with Gasteiger partial charge in [0.05, 0.1) is 19.6 Å². The van der Waals surface area contributed by atoms with Crippen LogP contribution in [0.2, 0.25) is 0 Å². The van der Waals surface area contributed by atoms with Crippen LogP contribution in [0, 0.1) is 17.0 Å². The molecular formula is C30H34F2N4O4. The van der Waals surface area contributed by atoms with Gasteiger partial charge in [-0.3, -0.25) is 9.59 Å². The van der Waals surface area contributed by atoms with Gasteiger partial charge in [-0.2, -0.15) is 0 Å². The van der Waals surface area contributed by atoms with Gasteiger partial charge in [0.25, 0.3) is 0 Å². The number of hydrogen-bond donors (Lipinski definition) is 4. The second-order valence-corrected chi connectivity index (χ2v) is 8.92. The van der Waals surface area contributed by atoms with Gasteiger partial charge in [0.1, 0.15) is 23.1 Å². The van der Waals surface area contributed by atoms with E-state index in [0.717, 1.165) is 5.56 Å². The van der Waals surface area contributed by atoms with E-state index in [9.17, 15) is 18.4 Å². The summed E-state index contributed by atoms with van der Waals surface area (Å²) in [6.07, 6.45) is 0.690. The SMILES string of the molecule is CC(=N)/C(CC(=O)N[C@H](C)COCc1ccc(F)cc1)=C(/C)N.O=CNc1ccc(Oc2ccc(F)cc2)cc1. The number of nitrogens with one attached hydrogen (secondary N) is 3. The van der Waals surface area contributed by atoms with Crippen LogP contribution in [0.15, 0.2) is 84.1 Å². The molecule has 40 heavy (non-hydrogen) atoms. The lowest BCUT2D eigenvalue weighted by Gasteiger charge is -2.15. The zero-order valence-corrected chi connectivity index (χ0v) is 22.7. The zero-order valence-electron chi connectivity index (χ0n) is 22.7. The Morgan fingerprint density at radius 1 is 0.950 bits per heavy atom. The van der Waals surface area contributed by atoms with Crippen molar-refractivity contribution in [2.24, 2.45) is 5.73 Å². The molecule has 8 nitrogen and oxygen atoms in total. The molecule has 0 fully saturated rings. The van der Waals surface area contributed by atoms with Gasteiger partial charge in [-0.1, -0.05) is 12.1 Å². The maximum atomic E-state index is 12.8. The van der Waals surface area contributed by atoms with Gasteiger partial charge in [0, 0.05) is 28.7 Å². The average molecular weight is 553 g/mol. The van der Waals surface area contributed by atoms with Crippen LogP contribution in [-0.2, 0) is 20.9 Å². The Kier molecular flexibility index (Phi) is 13.0. The first kappa shape index (κ1) is 31.6. The molecule has 0 bridgehead atoms. The van der Waals surface area contributed by atoms with Gasteiger partial charge in [-0.15, -0.1) is 0 Å². The molecule has 3 aromatic rings. The van der Waals surface area contributed by atoms with Crippen LogP contribution in [0.5, 0.6) is 11.5 Å². The first-order valence-electron chi connectivity index (χ1n) is 12.4. The van der Waals surface area contributed by atoms with Crippen molar-refractivity contribution >= 4 is 23.7 Å². The highest BCUT2D eigenvalue weighted by Gasteiger charge is 2.13. The van der Waals surface area contributed by atoms with Crippen LogP contribution in [-0.4, -0.2) is 30.7 Å². The van der Waals surface area contributed by atoms with Gasteiger partial charge in [-0.25, -0.2) is 8.78 Å². The summed E-state index contributed by atoms with van der Waals surface area (Å²) < 4.78 is 36.4. The second-order valence-electron chi connectivity index (χ2n) is 8.92. The van der Waals surface area contributed by atoms with Crippen LogP contribution in [0.25, 0.3) is 0 Å². The number of allylic oxidation sites excluding steroid dienone is 1. The van der Waals surface area contributed by atoms with Crippen LogP contribution >= 0.6 is 0 Å². The number of ether oxygens (including phenoxy) is 2. The molecule has 0 saturated heterocycles. The Morgan fingerprint density at radius 2 is 1.48 bits per heavy atom. The fourth-order valence-corrected chi connectivity index (χ4v) is 3.36. The van der Waals surface area contributed by atoms with E-state index in [-0.39, 0.29) is 30.0 Å². The Morgan fingerprint density at radius 3 is 1.98 bits per heavy atom. The van der Waals surface area contributed by atoms with Crippen LogP contribution < -0.4 is 21.1 Å². The third kappa shape index (κ3) is 11.9. The van der Waals surface area contributed by atoms with Crippen molar-refractivity contribution in [1.29, 1.82) is 5.41 Å². The summed E-state index contributed by atoms with van der Waals surface area (Å²) in [7, 11) is 0. The van der Waals surface area contributed by atoms with Crippen molar-refractivity contribution in [1.82, 2.24) is 5.32 Å². The van der Waals surface area contributed by atoms with E-state index >= 15 is 0 Å². The maximum absolute atomic E-state index is 12.8. The fourth-order valence-electron chi connectivity index (χ4n) is 3.36. The molecule has 10 heteroatoms. The lowest BCUT2D eigenvalue weighted by molar-refractivity contribution is -0.121. The molecule has 3 aromatic carbocycles. The number of nitrogens with two attached hydrogens (primary N) is 1. The van der Waals surface area contributed by atoms with Crippen molar-refractivity contribution < 1.29 is 27.8 Å². The summed E-state index contributed by atoms with van der Waals surface area (Å²) in [5.74, 6) is 0.391. The van der Waals surface area contributed by atoms with E-state index in [1.54, 1.807) is 62.4 Å². The van der Waals surface area contributed by atoms with E-state index in [1.807, 2.05) is 6.92 Å². The number of hydrogen-bond acceptors (Lipinski definition) is 6. The lowest BCUT2D eigenvalue weighted by Crippen LogP contribution is -2.36.